The second kappa shape index (κ2) is 8.10. The highest BCUT2D eigenvalue weighted by Gasteiger charge is 2.33. The summed E-state index contributed by atoms with van der Waals surface area (Å²) in [4.78, 5) is 0. The highest BCUT2D eigenvalue weighted by molar-refractivity contribution is 4.85. The molecule has 0 aromatic rings. The molecule has 2 heteroatoms. The second-order valence-electron chi connectivity index (χ2n) is 5.76. The lowest BCUT2D eigenvalue weighted by Crippen LogP contribution is -2.39. The molecular weight excluding hydrogens is 210 g/mol. The predicted octanol–water partition coefficient (Wildman–Crippen LogP) is 3.61. The van der Waals surface area contributed by atoms with Crippen molar-refractivity contribution in [2.24, 2.45) is 11.3 Å². The van der Waals surface area contributed by atoms with E-state index >= 15 is 0 Å². The van der Waals surface area contributed by atoms with Crippen molar-refractivity contribution < 1.29 is 4.74 Å². The minimum atomic E-state index is 0.515. The number of nitrogens with one attached hydrogen (secondary N) is 1. The zero-order valence-electron chi connectivity index (χ0n) is 12.1. The third kappa shape index (κ3) is 4.97. The van der Waals surface area contributed by atoms with Crippen LogP contribution >= 0.6 is 0 Å². The SMILES string of the molecule is CCCCC(CC)CC1(CNC)CCOCC1. The van der Waals surface area contributed by atoms with Gasteiger partial charge in [-0.15, -0.1) is 0 Å². The lowest BCUT2D eigenvalue weighted by atomic mass is 9.72. The maximum Gasteiger partial charge on any atom is 0.0471 e. The fraction of sp³-hybridized carbons (Fsp3) is 1.00. The van der Waals surface area contributed by atoms with Crippen molar-refractivity contribution >= 4 is 0 Å². The summed E-state index contributed by atoms with van der Waals surface area (Å²) < 4.78 is 5.54. The van der Waals surface area contributed by atoms with Gasteiger partial charge in [-0.2, -0.15) is 0 Å². The predicted molar refractivity (Wildman–Crippen MR) is 74.3 cm³/mol. The van der Waals surface area contributed by atoms with Crippen LogP contribution in [-0.2, 0) is 4.74 Å². The third-order valence-electron chi connectivity index (χ3n) is 4.37. The van der Waals surface area contributed by atoms with Crippen LogP contribution in [0.2, 0.25) is 0 Å². The molecule has 1 aliphatic heterocycles. The Labute approximate surface area is 108 Å². The molecule has 102 valence electrons. The molecule has 1 aliphatic rings. The standard InChI is InChI=1S/C15H31NO/c1-4-6-7-14(5-2)12-15(13-16-3)8-10-17-11-9-15/h14,16H,4-13H2,1-3H3. The second-order valence-corrected chi connectivity index (χ2v) is 5.76. The van der Waals surface area contributed by atoms with Crippen LogP contribution in [0.4, 0.5) is 0 Å². The number of hydrogen-bond acceptors (Lipinski definition) is 2. The van der Waals surface area contributed by atoms with Crippen molar-refractivity contribution in [2.45, 2.75) is 58.8 Å². The van der Waals surface area contributed by atoms with Crippen LogP contribution in [-0.4, -0.2) is 26.8 Å². The van der Waals surface area contributed by atoms with E-state index in [1.807, 2.05) is 0 Å². The van der Waals surface area contributed by atoms with Gasteiger partial charge in [0.15, 0.2) is 0 Å². The Morgan fingerprint density at radius 2 is 1.94 bits per heavy atom. The van der Waals surface area contributed by atoms with E-state index in [-0.39, 0.29) is 0 Å². The topological polar surface area (TPSA) is 21.3 Å². The van der Waals surface area contributed by atoms with Crippen LogP contribution in [0.5, 0.6) is 0 Å². The molecule has 1 N–H and O–H groups in total. The Bertz CT molecular complexity index is 182. The fourth-order valence-corrected chi connectivity index (χ4v) is 3.19. The summed E-state index contributed by atoms with van der Waals surface area (Å²) in [6.07, 6.45) is 9.37. The van der Waals surface area contributed by atoms with Gasteiger partial charge in [-0.25, -0.2) is 0 Å². The maximum atomic E-state index is 5.54. The Morgan fingerprint density at radius 1 is 1.24 bits per heavy atom. The van der Waals surface area contributed by atoms with Gasteiger partial charge >= 0.3 is 0 Å². The van der Waals surface area contributed by atoms with E-state index in [9.17, 15) is 0 Å². The lowest BCUT2D eigenvalue weighted by Gasteiger charge is -2.39. The normalized spacial score (nSPS) is 21.4. The molecule has 1 heterocycles. The summed E-state index contributed by atoms with van der Waals surface area (Å²) in [5.41, 5.74) is 0.515. The molecule has 0 bridgehead atoms. The summed E-state index contributed by atoms with van der Waals surface area (Å²) in [5, 5.41) is 3.41. The number of rotatable bonds is 8. The van der Waals surface area contributed by atoms with Crippen molar-refractivity contribution in [3.63, 3.8) is 0 Å². The molecule has 1 unspecified atom stereocenters. The number of ether oxygens (including phenoxy) is 1. The van der Waals surface area contributed by atoms with Gasteiger partial charge in [0.1, 0.15) is 0 Å². The van der Waals surface area contributed by atoms with E-state index in [1.165, 1.54) is 51.5 Å². The van der Waals surface area contributed by atoms with E-state index in [4.69, 9.17) is 4.74 Å². The monoisotopic (exact) mass is 241 g/mol. The molecule has 17 heavy (non-hydrogen) atoms. The van der Waals surface area contributed by atoms with Gasteiger partial charge in [0.25, 0.3) is 0 Å². The Morgan fingerprint density at radius 3 is 2.47 bits per heavy atom. The number of unbranched alkanes of at least 4 members (excludes halogenated alkanes) is 1. The van der Waals surface area contributed by atoms with Gasteiger partial charge < -0.3 is 10.1 Å². The van der Waals surface area contributed by atoms with Gasteiger partial charge in [0.05, 0.1) is 0 Å². The summed E-state index contributed by atoms with van der Waals surface area (Å²) in [5.74, 6) is 0.918. The van der Waals surface area contributed by atoms with Crippen molar-refractivity contribution in [2.75, 3.05) is 26.8 Å². The summed E-state index contributed by atoms with van der Waals surface area (Å²) >= 11 is 0. The Hall–Kier alpha value is -0.0800. The van der Waals surface area contributed by atoms with Gasteiger partial charge in [0.2, 0.25) is 0 Å². The van der Waals surface area contributed by atoms with E-state index in [0.717, 1.165) is 19.1 Å². The average molecular weight is 241 g/mol. The van der Waals surface area contributed by atoms with Crippen LogP contribution in [0.3, 0.4) is 0 Å². The molecule has 2 nitrogen and oxygen atoms in total. The molecular formula is C15H31NO. The van der Waals surface area contributed by atoms with Crippen molar-refractivity contribution in [3.05, 3.63) is 0 Å². The minimum Gasteiger partial charge on any atom is -0.381 e. The van der Waals surface area contributed by atoms with Gasteiger partial charge in [-0.3, -0.25) is 0 Å². The quantitative estimate of drug-likeness (QED) is 0.701. The van der Waals surface area contributed by atoms with E-state index in [2.05, 4.69) is 26.2 Å². The van der Waals surface area contributed by atoms with Gasteiger partial charge in [-0.05, 0) is 37.6 Å². The van der Waals surface area contributed by atoms with Crippen molar-refractivity contribution in [1.29, 1.82) is 0 Å². The van der Waals surface area contributed by atoms with E-state index in [0.29, 0.717) is 5.41 Å². The van der Waals surface area contributed by atoms with Crippen molar-refractivity contribution in [1.82, 2.24) is 5.32 Å². The molecule has 0 aromatic heterocycles. The molecule has 1 saturated heterocycles. The van der Waals surface area contributed by atoms with Crippen LogP contribution < -0.4 is 5.32 Å². The molecule has 0 amide bonds. The molecule has 0 radical (unpaired) electrons. The average Bonchev–Trinajstić information content (AvgIpc) is 2.36. The first-order valence-corrected chi connectivity index (χ1v) is 7.48. The smallest absolute Gasteiger partial charge is 0.0471 e. The minimum absolute atomic E-state index is 0.515. The molecule has 1 fully saturated rings. The number of hydrogen-bond donors (Lipinski definition) is 1. The highest BCUT2D eigenvalue weighted by atomic mass is 16.5. The zero-order valence-corrected chi connectivity index (χ0v) is 12.1. The summed E-state index contributed by atoms with van der Waals surface area (Å²) in [6.45, 7) is 7.74. The Balaban J connectivity index is 2.50. The van der Waals surface area contributed by atoms with Crippen LogP contribution in [0.1, 0.15) is 58.8 Å². The molecule has 0 spiro atoms. The van der Waals surface area contributed by atoms with Crippen LogP contribution in [0.25, 0.3) is 0 Å². The fourth-order valence-electron chi connectivity index (χ4n) is 3.19. The van der Waals surface area contributed by atoms with Gasteiger partial charge in [0, 0.05) is 19.8 Å². The summed E-state index contributed by atoms with van der Waals surface area (Å²) in [6, 6.07) is 0. The zero-order chi connectivity index (χ0) is 12.6. The first-order chi connectivity index (χ1) is 8.26. The van der Waals surface area contributed by atoms with E-state index in [1.54, 1.807) is 0 Å². The lowest BCUT2D eigenvalue weighted by molar-refractivity contribution is 0.00183. The largest absolute Gasteiger partial charge is 0.381 e. The molecule has 0 aromatic carbocycles. The molecule has 1 rings (SSSR count). The first-order valence-electron chi connectivity index (χ1n) is 7.48. The Kier molecular flexibility index (Phi) is 7.14. The molecule has 1 atom stereocenters. The highest BCUT2D eigenvalue weighted by Crippen LogP contribution is 2.38. The van der Waals surface area contributed by atoms with Crippen LogP contribution in [0, 0.1) is 11.3 Å². The maximum absolute atomic E-state index is 5.54. The van der Waals surface area contributed by atoms with Gasteiger partial charge in [-0.1, -0.05) is 39.5 Å². The van der Waals surface area contributed by atoms with Crippen molar-refractivity contribution in [3.8, 4) is 0 Å². The molecule has 0 aliphatic carbocycles. The van der Waals surface area contributed by atoms with Crippen LogP contribution in [0.15, 0.2) is 0 Å². The summed E-state index contributed by atoms with van der Waals surface area (Å²) in [7, 11) is 2.09. The molecule has 0 saturated carbocycles. The van der Waals surface area contributed by atoms with E-state index < -0.39 is 0 Å². The third-order valence-corrected chi connectivity index (χ3v) is 4.37. The first kappa shape index (κ1) is 15.0.